The molecule has 2 nitrogen and oxygen atoms in total. The molecule has 0 saturated carbocycles. The van der Waals surface area contributed by atoms with E-state index in [9.17, 15) is 9.59 Å². The van der Waals surface area contributed by atoms with Crippen LogP contribution < -0.4 is 0 Å². The highest BCUT2D eigenvalue weighted by Gasteiger charge is 2.26. The predicted molar refractivity (Wildman–Crippen MR) is 153 cm³/mol. The monoisotopic (exact) mass is 476 g/mol. The largest absolute Gasteiger partial charge is 0.294 e. The number of aryl methyl sites for hydroxylation is 1. The number of fused-ring (bicyclic) bond motifs is 4. The standard InChI is InChI=1S/C32H32O2Si/c1-4-35(5-2,6-3)15-14-22-12-9-13-25-17-27-18-26-16-23-10-7-8-11-24(23)19-29(26)32(31(34)21-33)30(27)20-28(22)25/h7-13,16-21H,4-6,14-15H2,1-3H3. The third-order valence-corrected chi connectivity index (χ3v) is 14.2. The van der Waals surface area contributed by atoms with Crippen LogP contribution in [-0.4, -0.2) is 20.1 Å². The Morgan fingerprint density at radius 3 is 1.91 bits per heavy atom. The van der Waals surface area contributed by atoms with Crippen molar-refractivity contribution in [3.8, 4) is 0 Å². The lowest BCUT2D eigenvalue weighted by Gasteiger charge is -2.28. The number of Topliss-reactive ketones (excluding diaryl/α,β-unsaturated/α-hetero) is 1. The lowest BCUT2D eigenvalue weighted by atomic mass is 9.90. The summed E-state index contributed by atoms with van der Waals surface area (Å²) >= 11 is 0. The number of hydrogen-bond acceptors (Lipinski definition) is 2. The summed E-state index contributed by atoms with van der Waals surface area (Å²) in [6.07, 6.45) is 1.53. The molecule has 0 aromatic heterocycles. The summed E-state index contributed by atoms with van der Waals surface area (Å²) in [6.45, 7) is 7.09. The molecule has 0 saturated heterocycles. The van der Waals surface area contributed by atoms with Gasteiger partial charge in [-0.15, -0.1) is 0 Å². The molecule has 0 radical (unpaired) electrons. The Morgan fingerprint density at radius 2 is 1.26 bits per heavy atom. The van der Waals surface area contributed by atoms with Crippen molar-refractivity contribution in [3.05, 3.63) is 83.9 Å². The first kappa shape index (κ1) is 23.4. The summed E-state index contributed by atoms with van der Waals surface area (Å²) in [6, 6.07) is 30.7. The molecule has 0 N–H and O–H groups in total. The van der Waals surface area contributed by atoms with Gasteiger partial charge in [0.2, 0.25) is 5.78 Å². The number of hydrogen-bond donors (Lipinski definition) is 0. The van der Waals surface area contributed by atoms with E-state index >= 15 is 0 Å². The Hall–Kier alpha value is -3.30. The molecule has 0 aliphatic heterocycles. The van der Waals surface area contributed by atoms with E-state index in [2.05, 4.69) is 81.4 Å². The third kappa shape index (κ3) is 4.08. The fourth-order valence-electron chi connectivity index (χ4n) is 5.87. The highest BCUT2D eigenvalue weighted by molar-refractivity contribution is 6.79. The minimum atomic E-state index is -1.24. The smallest absolute Gasteiger partial charge is 0.226 e. The van der Waals surface area contributed by atoms with Gasteiger partial charge in [-0.25, -0.2) is 0 Å². The van der Waals surface area contributed by atoms with E-state index in [-0.39, 0.29) is 0 Å². The summed E-state index contributed by atoms with van der Waals surface area (Å²) in [4.78, 5) is 24.8. The van der Waals surface area contributed by atoms with Crippen LogP contribution >= 0.6 is 0 Å². The number of benzene rings is 5. The second-order valence-corrected chi connectivity index (χ2v) is 15.5. The molecule has 0 spiro atoms. The van der Waals surface area contributed by atoms with Crippen molar-refractivity contribution < 1.29 is 9.59 Å². The van der Waals surface area contributed by atoms with E-state index in [0.717, 1.165) is 38.7 Å². The van der Waals surface area contributed by atoms with Gasteiger partial charge >= 0.3 is 0 Å². The number of aldehydes is 1. The van der Waals surface area contributed by atoms with Crippen LogP contribution in [0, 0.1) is 0 Å². The van der Waals surface area contributed by atoms with Crippen LogP contribution in [0.25, 0.3) is 43.1 Å². The molecule has 0 fully saturated rings. The SMILES string of the molecule is CC[Si](CC)(CC)CCc1cccc2cc3cc4cc5ccccc5cc4c(C(=O)C=O)c3cc12. The van der Waals surface area contributed by atoms with Crippen LogP contribution in [-0.2, 0) is 11.2 Å². The van der Waals surface area contributed by atoms with Gasteiger partial charge < -0.3 is 0 Å². The molecule has 0 amide bonds. The van der Waals surface area contributed by atoms with Gasteiger partial charge in [0, 0.05) is 5.56 Å². The summed E-state index contributed by atoms with van der Waals surface area (Å²) in [5.41, 5.74) is 1.87. The quantitative estimate of drug-likeness (QED) is 0.0737. The van der Waals surface area contributed by atoms with E-state index in [1.165, 1.54) is 40.5 Å². The van der Waals surface area contributed by atoms with Crippen molar-refractivity contribution in [3.63, 3.8) is 0 Å². The lowest BCUT2D eigenvalue weighted by molar-refractivity contribution is -0.104. The van der Waals surface area contributed by atoms with Crippen LogP contribution in [0.3, 0.4) is 0 Å². The summed E-state index contributed by atoms with van der Waals surface area (Å²) in [5.74, 6) is -0.456. The van der Waals surface area contributed by atoms with Gasteiger partial charge in [-0.2, -0.15) is 0 Å². The van der Waals surface area contributed by atoms with Gasteiger partial charge in [0.1, 0.15) is 0 Å². The fourth-order valence-corrected chi connectivity index (χ4v) is 9.23. The zero-order chi connectivity index (χ0) is 24.6. The van der Waals surface area contributed by atoms with Crippen molar-refractivity contribution in [1.29, 1.82) is 0 Å². The minimum absolute atomic E-state index is 0.456. The average Bonchev–Trinajstić information content (AvgIpc) is 2.90. The van der Waals surface area contributed by atoms with Gasteiger partial charge in [0.05, 0.1) is 8.07 Å². The molecule has 5 aromatic carbocycles. The van der Waals surface area contributed by atoms with Gasteiger partial charge in [0.15, 0.2) is 6.29 Å². The molecule has 0 bridgehead atoms. The molecule has 0 aliphatic carbocycles. The maximum Gasteiger partial charge on any atom is 0.226 e. The van der Waals surface area contributed by atoms with Crippen molar-refractivity contribution >= 4 is 63.2 Å². The van der Waals surface area contributed by atoms with E-state index in [0.29, 0.717) is 11.8 Å². The molecule has 176 valence electrons. The Bertz CT molecular complexity index is 1590. The Morgan fingerprint density at radius 1 is 0.686 bits per heavy atom. The molecular formula is C32H32O2Si. The average molecular weight is 477 g/mol. The van der Waals surface area contributed by atoms with Crippen LogP contribution in [0.1, 0.15) is 36.7 Å². The van der Waals surface area contributed by atoms with Crippen LogP contribution in [0.4, 0.5) is 0 Å². The second-order valence-electron chi connectivity index (χ2n) is 9.93. The topological polar surface area (TPSA) is 34.1 Å². The third-order valence-electron chi connectivity index (χ3n) is 8.44. The molecule has 3 heteroatoms. The first-order chi connectivity index (χ1) is 17.0. The Balaban J connectivity index is 1.76. The zero-order valence-corrected chi connectivity index (χ0v) is 21.9. The molecular weight excluding hydrogens is 444 g/mol. The van der Waals surface area contributed by atoms with Gasteiger partial charge in [-0.05, 0) is 85.4 Å². The van der Waals surface area contributed by atoms with Crippen LogP contribution in [0.15, 0.2) is 72.8 Å². The number of rotatable bonds is 8. The number of carbonyl (C=O) groups excluding carboxylic acids is 2. The van der Waals surface area contributed by atoms with Gasteiger partial charge in [-0.3, -0.25) is 9.59 Å². The highest BCUT2D eigenvalue weighted by atomic mass is 28.3. The predicted octanol–water partition coefficient (Wildman–Crippen LogP) is 8.73. The van der Waals surface area contributed by atoms with Crippen molar-refractivity contribution in [2.24, 2.45) is 0 Å². The van der Waals surface area contributed by atoms with E-state index in [4.69, 9.17) is 0 Å². The molecule has 5 aromatic rings. The first-order valence-corrected chi connectivity index (χ1v) is 15.7. The summed E-state index contributed by atoms with van der Waals surface area (Å²) < 4.78 is 0. The second kappa shape index (κ2) is 9.39. The fraction of sp³-hybridized carbons (Fsp3) is 0.250. The van der Waals surface area contributed by atoms with E-state index in [1.807, 2.05) is 12.1 Å². The zero-order valence-electron chi connectivity index (χ0n) is 20.9. The van der Waals surface area contributed by atoms with Crippen LogP contribution in [0.5, 0.6) is 0 Å². The number of ketones is 1. The highest BCUT2D eigenvalue weighted by Crippen LogP contribution is 2.36. The molecule has 35 heavy (non-hydrogen) atoms. The molecule has 0 atom stereocenters. The molecule has 0 heterocycles. The summed E-state index contributed by atoms with van der Waals surface area (Å²) in [5, 5.41) is 8.30. The first-order valence-electron chi connectivity index (χ1n) is 12.8. The Kier molecular flexibility index (Phi) is 6.29. The van der Waals surface area contributed by atoms with Gasteiger partial charge in [-0.1, -0.05) is 87.4 Å². The maximum atomic E-state index is 13.0. The normalized spacial score (nSPS) is 12.1. The lowest BCUT2D eigenvalue weighted by Crippen LogP contribution is -2.31. The summed E-state index contributed by atoms with van der Waals surface area (Å²) in [7, 11) is -1.24. The van der Waals surface area contributed by atoms with E-state index in [1.54, 1.807) is 0 Å². The number of carbonyl (C=O) groups is 2. The Labute approximate surface area is 208 Å². The molecule has 0 aliphatic rings. The molecule has 5 rings (SSSR count). The van der Waals surface area contributed by atoms with E-state index < -0.39 is 13.9 Å². The van der Waals surface area contributed by atoms with Crippen molar-refractivity contribution in [2.75, 3.05) is 0 Å². The van der Waals surface area contributed by atoms with Gasteiger partial charge in [0.25, 0.3) is 0 Å². The van der Waals surface area contributed by atoms with Crippen LogP contribution in [0.2, 0.25) is 24.2 Å². The maximum absolute atomic E-state index is 13.0. The van der Waals surface area contributed by atoms with Crippen molar-refractivity contribution in [1.82, 2.24) is 0 Å². The van der Waals surface area contributed by atoms with Crippen molar-refractivity contribution in [2.45, 2.75) is 51.4 Å². The minimum Gasteiger partial charge on any atom is -0.294 e. The molecule has 0 unspecified atom stereocenters.